The highest BCUT2D eigenvalue weighted by Gasteiger charge is 2.25. The van der Waals surface area contributed by atoms with Gasteiger partial charge in [-0.2, -0.15) is 5.26 Å². The minimum Gasteiger partial charge on any atom is -0.468 e. The standard InChI is InChI=1S/C21H26N4O/c22-14-17-13-16-7-2-3-8-18(16)24-21(17)23-15-19(20-9-6-12-26-20)25-10-4-1-5-11-25/h6,9,12-13,19H,1-5,7-8,10-11,15H2,(H,23,24). The number of pyridine rings is 1. The minimum absolute atomic E-state index is 0.176. The topological polar surface area (TPSA) is 65.1 Å². The second-order valence-electron chi connectivity index (χ2n) is 7.32. The van der Waals surface area contributed by atoms with E-state index in [-0.39, 0.29) is 6.04 Å². The van der Waals surface area contributed by atoms with E-state index in [9.17, 15) is 5.26 Å². The Morgan fingerprint density at radius 1 is 1.19 bits per heavy atom. The fourth-order valence-electron chi connectivity index (χ4n) is 4.17. The molecule has 1 N–H and O–H groups in total. The van der Waals surface area contributed by atoms with Gasteiger partial charge in [0.15, 0.2) is 0 Å². The fourth-order valence-corrected chi connectivity index (χ4v) is 4.17. The molecule has 4 rings (SSSR count). The Morgan fingerprint density at radius 2 is 2.04 bits per heavy atom. The highest BCUT2D eigenvalue weighted by molar-refractivity contribution is 5.54. The van der Waals surface area contributed by atoms with Crippen molar-refractivity contribution < 1.29 is 4.42 Å². The van der Waals surface area contributed by atoms with E-state index in [1.807, 2.05) is 18.2 Å². The maximum atomic E-state index is 9.56. The summed E-state index contributed by atoms with van der Waals surface area (Å²) in [4.78, 5) is 7.29. The molecule has 0 radical (unpaired) electrons. The Labute approximate surface area is 155 Å². The van der Waals surface area contributed by atoms with Crippen LogP contribution < -0.4 is 5.32 Å². The Balaban J connectivity index is 1.54. The summed E-state index contributed by atoms with van der Waals surface area (Å²) in [5.74, 6) is 1.71. The number of fused-ring (bicyclic) bond motifs is 1. The van der Waals surface area contributed by atoms with Crippen molar-refractivity contribution in [3.63, 3.8) is 0 Å². The molecule has 0 amide bonds. The summed E-state index contributed by atoms with van der Waals surface area (Å²) in [5, 5.41) is 13.0. The highest BCUT2D eigenvalue weighted by atomic mass is 16.3. The Kier molecular flexibility index (Phi) is 5.21. The van der Waals surface area contributed by atoms with Crippen LogP contribution in [-0.2, 0) is 12.8 Å². The molecule has 26 heavy (non-hydrogen) atoms. The zero-order valence-electron chi connectivity index (χ0n) is 15.2. The second-order valence-corrected chi connectivity index (χ2v) is 7.32. The first-order valence-corrected chi connectivity index (χ1v) is 9.79. The van der Waals surface area contributed by atoms with Crippen LogP contribution in [0, 0.1) is 11.3 Å². The number of piperidine rings is 1. The molecule has 2 aromatic rings. The van der Waals surface area contributed by atoms with Gasteiger partial charge in [-0.15, -0.1) is 0 Å². The molecule has 5 nitrogen and oxygen atoms in total. The lowest BCUT2D eigenvalue weighted by Gasteiger charge is -2.33. The van der Waals surface area contributed by atoms with E-state index in [0.29, 0.717) is 12.1 Å². The van der Waals surface area contributed by atoms with Gasteiger partial charge in [-0.1, -0.05) is 6.42 Å². The molecule has 1 aliphatic carbocycles. The normalized spacial score (nSPS) is 18.7. The van der Waals surface area contributed by atoms with Crippen LogP contribution in [0.25, 0.3) is 0 Å². The van der Waals surface area contributed by atoms with Gasteiger partial charge in [-0.25, -0.2) is 4.98 Å². The van der Waals surface area contributed by atoms with E-state index in [4.69, 9.17) is 9.40 Å². The lowest BCUT2D eigenvalue weighted by molar-refractivity contribution is 0.153. The summed E-state index contributed by atoms with van der Waals surface area (Å²) in [7, 11) is 0. The van der Waals surface area contributed by atoms with Crippen LogP contribution in [0.4, 0.5) is 5.82 Å². The second kappa shape index (κ2) is 7.92. The van der Waals surface area contributed by atoms with Gasteiger partial charge in [0.25, 0.3) is 0 Å². The quantitative estimate of drug-likeness (QED) is 0.881. The monoisotopic (exact) mass is 350 g/mol. The van der Waals surface area contributed by atoms with Gasteiger partial charge in [-0.05, 0) is 75.4 Å². The van der Waals surface area contributed by atoms with E-state index in [2.05, 4.69) is 16.3 Å². The third-order valence-electron chi connectivity index (χ3n) is 5.59. The van der Waals surface area contributed by atoms with Crippen LogP contribution in [0.5, 0.6) is 0 Å². The van der Waals surface area contributed by atoms with Crippen molar-refractivity contribution >= 4 is 5.82 Å². The fraction of sp³-hybridized carbons (Fsp3) is 0.524. The molecule has 0 bridgehead atoms. The molecular weight excluding hydrogens is 324 g/mol. The van der Waals surface area contributed by atoms with Crippen molar-refractivity contribution in [1.82, 2.24) is 9.88 Å². The van der Waals surface area contributed by atoms with E-state index in [0.717, 1.165) is 43.2 Å². The van der Waals surface area contributed by atoms with Gasteiger partial charge in [0.05, 0.1) is 17.9 Å². The van der Waals surface area contributed by atoms with Crippen molar-refractivity contribution in [1.29, 1.82) is 5.26 Å². The van der Waals surface area contributed by atoms with Gasteiger partial charge in [0.1, 0.15) is 17.6 Å². The van der Waals surface area contributed by atoms with Crippen LogP contribution in [-0.4, -0.2) is 29.5 Å². The average Bonchev–Trinajstić information content (AvgIpc) is 3.23. The minimum atomic E-state index is 0.176. The summed E-state index contributed by atoms with van der Waals surface area (Å²) in [6.45, 7) is 2.89. The number of hydrogen-bond acceptors (Lipinski definition) is 5. The van der Waals surface area contributed by atoms with E-state index < -0.39 is 0 Å². The maximum absolute atomic E-state index is 9.56. The molecule has 1 aliphatic heterocycles. The van der Waals surface area contributed by atoms with Gasteiger partial charge in [0, 0.05) is 12.2 Å². The highest BCUT2D eigenvalue weighted by Crippen LogP contribution is 2.28. The van der Waals surface area contributed by atoms with Crippen LogP contribution in [0.1, 0.15) is 60.7 Å². The summed E-state index contributed by atoms with van der Waals surface area (Å²) in [5.41, 5.74) is 3.06. The molecule has 0 spiro atoms. The molecule has 1 atom stereocenters. The third kappa shape index (κ3) is 3.61. The van der Waals surface area contributed by atoms with Gasteiger partial charge in [-0.3, -0.25) is 4.90 Å². The van der Waals surface area contributed by atoms with Gasteiger partial charge < -0.3 is 9.73 Å². The van der Waals surface area contributed by atoms with Crippen LogP contribution in [0.2, 0.25) is 0 Å². The zero-order chi connectivity index (χ0) is 17.8. The number of aryl methyl sites for hydroxylation is 2. The molecule has 1 fully saturated rings. The van der Waals surface area contributed by atoms with Crippen molar-refractivity contribution in [3.8, 4) is 6.07 Å². The number of hydrogen-bond donors (Lipinski definition) is 1. The lowest BCUT2D eigenvalue weighted by Crippen LogP contribution is -2.37. The molecule has 0 saturated carbocycles. The molecule has 0 aromatic carbocycles. The Bertz CT molecular complexity index is 772. The van der Waals surface area contributed by atoms with Crippen molar-refractivity contribution in [2.75, 3.05) is 25.0 Å². The molecule has 1 saturated heterocycles. The summed E-state index contributed by atoms with van der Waals surface area (Å²) >= 11 is 0. The first-order valence-electron chi connectivity index (χ1n) is 9.79. The molecule has 3 heterocycles. The number of aromatic nitrogens is 1. The number of nitrogens with zero attached hydrogens (tertiary/aromatic N) is 3. The first kappa shape index (κ1) is 17.1. The maximum Gasteiger partial charge on any atom is 0.144 e. The molecular formula is C21H26N4O. The largest absolute Gasteiger partial charge is 0.468 e. The number of rotatable bonds is 5. The molecule has 1 unspecified atom stereocenters. The summed E-state index contributed by atoms with van der Waals surface area (Å²) < 4.78 is 5.72. The summed E-state index contributed by atoms with van der Waals surface area (Å²) in [6, 6.07) is 8.53. The van der Waals surface area contributed by atoms with E-state index in [1.54, 1.807) is 6.26 Å². The van der Waals surface area contributed by atoms with Gasteiger partial charge >= 0.3 is 0 Å². The number of nitriles is 1. The van der Waals surface area contributed by atoms with E-state index in [1.165, 1.54) is 37.7 Å². The number of anilines is 1. The number of nitrogens with one attached hydrogen (secondary N) is 1. The molecule has 2 aromatic heterocycles. The molecule has 5 heteroatoms. The van der Waals surface area contributed by atoms with E-state index >= 15 is 0 Å². The molecule has 136 valence electrons. The predicted molar refractivity (Wildman–Crippen MR) is 101 cm³/mol. The van der Waals surface area contributed by atoms with Crippen molar-refractivity contribution in [2.24, 2.45) is 0 Å². The van der Waals surface area contributed by atoms with Gasteiger partial charge in [0.2, 0.25) is 0 Å². The predicted octanol–water partition coefficient (Wildman–Crippen LogP) is 4.06. The average molecular weight is 350 g/mol. The van der Waals surface area contributed by atoms with Crippen LogP contribution >= 0.6 is 0 Å². The molecule has 2 aliphatic rings. The van der Waals surface area contributed by atoms with Crippen LogP contribution in [0.15, 0.2) is 28.9 Å². The summed E-state index contributed by atoms with van der Waals surface area (Å²) in [6.07, 6.45) is 9.96. The SMILES string of the molecule is N#Cc1cc2c(nc1NCC(c1ccco1)N1CCCCC1)CCCC2. The van der Waals surface area contributed by atoms with Crippen molar-refractivity contribution in [3.05, 3.63) is 47.0 Å². The first-order chi connectivity index (χ1) is 12.8. The lowest BCUT2D eigenvalue weighted by atomic mass is 9.95. The van der Waals surface area contributed by atoms with Crippen LogP contribution in [0.3, 0.4) is 0 Å². The number of furan rings is 1. The number of likely N-dealkylation sites (tertiary alicyclic amines) is 1. The third-order valence-corrected chi connectivity index (χ3v) is 5.59. The van der Waals surface area contributed by atoms with Crippen molar-refractivity contribution in [2.45, 2.75) is 51.0 Å². The smallest absolute Gasteiger partial charge is 0.144 e. The zero-order valence-corrected chi connectivity index (χ0v) is 15.2. The Morgan fingerprint density at radius 3 is 2.81 bits per heavy atom. The Hall–Kier alpha value is -2.32.